The Bertz CT molecular complexity index is 633. The topological polar surface area (TPSA) is 46.3 Å². The van der Waals surface area contributed by atoms with Crippen LogP contribution in [0.1, 0.15) is 35.9 Å². The summed E-state index contributed by atoms with van der Waals surface area (Å²) in [5.74, 6) is 1.19. The van der Waals surface area contributed by atoms with Crippen LogP contribution in [0.3, 0.4) is 0 Å². The van der Waals surface area contributed by atoms with E-state index in [1.165, 1.54) is 6.42 Å². The Morgan fingerprint density at radius 1 is 1.33 bits per heavy atom. The average Bonchev–Trinajstić information content (AvgIpc) is 2.89. The van der Waals surface area contributed by atoms with Gasteiger partial charge in [0.05, 0.1) is 0 Å². The molecule has 2 aromatic rings. The number of carbonyl (C=O) groups is 1. The van der Waals surface area contributed by atoms with E-state index in [9.17, 15) is 4.79 Å². The lowest BCUT2D eigenvalue weighted by atomic mass is 9.98. The van der Waals surface area contributed by atoms with Crippen molar-refractivity contribution < 1.29 is 9.32 Å². The Morgan fingerprint density at radius 2 is 2.10 bits per heavy atom. The van der Waals surface area contributed by atoms with Gasteiger partial charge < -0.3 is 9.42 Å². The summed E-state index contributed by atoms with van der Waals surface area (Å²) in [7, 11) is 0. The van der Waals surface area contributed by atoms with E-state index in [2.05, 4.69) is 12.1 Å². The third-order valence-corrected chi connectivity index (χ3v) is 4.07. The van der Waals surface area contributed by atoms with Crippen molar-refractivity contribution in [2.45, 2.75) is 26.7 Å². The normalized spacial score (nSPS) is 18.8. The molecule has 1 saturated heterocycles. The minimum Gasteiger partial charge on any atom is -0.360 e. The molecule has 2 heterocycles. The lowest BCUT2D eigenvalue weighted by Gasteiger charge is -2.30. The van der Waals surface area contributed by atoms with Crippen molar-refractivity contribution in [1.82, 2.24) is 10.1 Å². The molecule has 0 bridgehead atoms. The Morgan fingerprint density at radius 3 is 2.81 bits per heavy atom. The van der Waals surface area contributed by atoms with Crippen molar-refractivity contribution in [3.63, 3.8) is 0 Å². The van der Waals surface area contributed by atoms with Gasteiger partial charge in [-0.3, -0.25) is 4.79 Å². The lowest BCUT2D eigenvalue weighted by Crippen LogP contribution is -2.39. The molecule has 0 saturated carbocycles. The zero-order chi connectivity index (χ0) is 14.8. The molecule has 1 aromatic carbocycles. The Hall–Kier alpha value is -2.10. The summed E-state index contributed by atoms with van der Waals surface area (Å²) in [4.78, 5) is 14.8. The number of aromatic nitrogens is 1. The summed E-state index contributed by atoms with van der Waals surface area (Å²) in [6.07, 6.45) is 2.26. The molecule has 1 aromatic heterocycles. The van der Waals surface area contributed by atoms with Gasteiger partial charge in [-0.1, -0.05) is 42.4 Å². The van der Waals surface area contributed by atoms with Gasteiger partial charge in [-0.2, -0.15) is 0 Å². The lowest BCUT2D eigenvalue weighted by molar-refractivity contribution is 0.0682. The van der Waals surface area contributed by atoms with Crippen LogP contribution in [0, 0.1) is 12.8 Å². The molecule has 21 heavy (non-hydrogen) atoms. The second-order valence-electron chi connectivity index (χ2n) is 5.83. The van der Waals surface area contributed by atoms with Crippen molar-refractivity contribution in [2.75, 3.05) is 13.1 Å². The van der Waals surface area contributed by atoms with E-state index in [1.54, 1.807) is 6.92 Å². The Labute approximate surface area is 124 Å². The summed E-state index contributed by atoms with van der Waals surface area (Å²) in [5.41, 5.74) is 2.18. The fourth-order valence-corrected chi connectivity index (χ4v) is 2.95. The molecule has 1 fully saturated rings. The number of benzene rings is 1. The number of aryl methyl sites for hydroxylation is 1. The van der Waals surface area contributed by atoms with Gasteiger partial charge in [-0.05, 0) is 25.7 Å². The van der Waals surface area contributed by atoms with E-state index in [0.717, 1.165) is 25.1 Å². The zero-order valence-corrected chi connectivity index (χ0v) is 12.5. The van der Waals surface area contributed by atoms with E-state index in [1.807, 2.05) is 35.2 Å². The molecule has 3 rings (SSSR count). The molecule has 4 nitrogen and oxygen atoms in total. The van der Waals surface area contributed by atoms with Gasteiger partial charge in [0.1, 0.15) is 17.0 Å². The van der Waals surface area contributed by atoms with Crippen molar-refractivity contribution in [3.8, 4) is 11.3 Å². The predicted molar refractivity (Wildman–Crippen MR) is 81.0 cm³/mol. The maximum Gasteiger partial charge on any atom is 0.259 e. The van der Waals surface area contributed by atoms with Crippen LogP contribution in [0.4, 0.5) is 0 Å². The summed E-state index contributed by atoms with van der Waals surface area (Å²) in [6.45, 7) is 5.64. The van der Waals surface area contributed by atoms with Crippen molar-refractivity contribution in [2.24, 2.45) is 5.92 Å². The molecule has 0 spiro atoms. The summed E-state index contributed by atoms with van der Waals surface area (Å²) < 4.78 is 5.29. The number of hydrogen-bond donors (Lipinski definition) is 0. The Balaban J connectivity index is 1.95. The first-order chi connectivity index (χ1) is 10.2. The van der Waals surface area contributed by atoms with E-state index in [0.29, 0.717) is 22.9 Å². The fraction of sp³-hybridized carbons (Fsp3) is 0.412. The van der Waals surface area contributed by atoms with Crippen LogP contribution < -0.4 is 0 Å². The van der Waals surface area contributed by atoms with Gasteiger partial charge in [0.15, 0.2) is 0 Å². The Kier molecular flexibility index (Phi) is 3.78. The molecule has 1 atom stereocenters. The summed E-state index contributed by atoms with van der Waals surface area (Å²) in [5, 5.41) is 4.10. The summed E-state index contributed by atoms with van der Waals surface area (Å²) >= 11 is 0. The quantitative estimate of drug-likeness (QED) is 0.847. The number of likely N-dealkylation sites (tertiary alicyclic amines) is 1. The molecule has 1 amide bonds. The third-order valence-electron chi connectivity index (χ3n) is 4.07. The first-order valence-electron chi connectivity index (χ1n) is 7.48. The maximum absolute atomic E-state index is 12.8. The van der Waals surface area contributed by atoms with Gasteiger partial charge in [0, 0.05) is 18.7 Å². The number of rotatable bonds is 2. The van der Waals surface area contributed by atoms with E-state index < -0.39 is 0 Å². The number of amides is 1. The number of hydrogen-bond acceptors (Lipinski definition) is 3. The molecule has 110 valence electrons. The zero-order valence-electron chi connectivity index (χ0n) is 12.5. The minimum atomic E-state index is 0.0409. The van der Waals surface area contributed by atoms with Gasteiger partial charge in [-0.15, -0.1) is 0 Å². The second-order valence-corrected chi connectivity index (χ2v) is 5.83. The van der Waals surface area contributed by atoms with Crippen LogP contribution in [-0.2, 0) is 0 Å². The highest BCUT2D eigenvalue weighted by atomic mass is 16.5. The van der Waals surface area contributed by atoms with Crippen LogP contribution in [0.5, 0.6) is 0 Å². The number of carbonyl (C=O) groups excluding carboxylic acids is 1. The number of piperidine rings is 1. The second kappa shape index (κ2) is 5.72. The largest absolute Gasteiger partial charge is 0.360 e. The van der Waals surface area contributed by atoms with E-state index >= 15 is 0 Å². The standard InChI is InChI=1S/C17H20N2O2/c1-12-7-6-10-19(11-12)17(20)15-13(2)21-18-16(15)14-8-4-3-5-9-14/h3-5,8-9,12H,6-7,10-11H2,1-2H3. The van der Waals surface area contributed by atoms with Gasteiger partial charge in [0.2, 0.25) is 0 Å². The monoisotopic (exact) mass is 284 g/mol. The summed E-state index contributed by atoms with van der Waals surface area (Å²) in [6, 6.07) is 9.73. The SMILES string of the molecule is Cc1onc(-c2ccccc2)c1C(=O)N1CCCC(C)C1. The van der Waals surface area contributed by atoms with E-state index in [4.69, 9.17) is 4.52 Å². The fourth-order valence-electron chi connectivity index (χ4n) is 2.95. The van der Waals surface area contributed by atoms with E-state index in [-0.39, 0.29) is 5.91 Å². The van der Waals surface area contributed by atoms with Crippen molar-refractivity contribution in [3.05, 3.63) is 41.7 Å². The van der Waals surface area contributed by atoms with Crippen molar-refractivity contribution in [1.29, 1.82) is 0 Å². The van der Waals surface area contributed by atoms with Crippen LogP contribution in [-0.4, -0.2) is 29.1 Å². The first kappa shape index (κ1) is 13.9. The highest BCUT2D eigenvalue weighted by molar-refractivity contribution is 6.00. The van der Waals surface area contributed by atoms with Crippen LogP contribution in [0.15, 0.2) is 34.9 Å². The smallest absolute Gasteiger partial charge is 0.259 e. The van der Waals surface area contributed by atoms with Gasteiger partial charge in [0.25, 0.3) is 5.91 Å². The highest BCUT2D eigenvalue weighted by Gasteiger charge is 2.28. The van der Waals surface area contributed by atoms with Crippen LogP contribution >= 0.6 is 0 Å². The average molecular weight is 284 g/mol. The third kappa shape index (κ3) is 2.71. The maximum atomic E-state index is 12.8. The molecule has 0 radical (unpaired) electrons. The van der Waals surface area contributed by atoms with Crippen LogP contribution in [0.2, 0.25) is 0 Å². The molecular weight excluding hydrogens is 264 g/mol. The number of nitrogens with zero attached hydrogens (tertiary/aromatic N) is 2. The molecule has 4 heteroatoms. The molecule has 0 N–H and O–H groups in total. The molecule has 1 aliphatic heterocycles. The first-order valence-corrected chi connectivity index (χ1v) is 7.48. The molecule has 1 aliphatic rings. The minimum absolute atomic E-state index is 0.0409. The molecule has 1 unspecified atom stereocenters. The van der Waals surface area contributed by atoms with Gasteiger partial charge in [-0.25, -0.2) is 0 Å². The highest BCUT2D eigenvalue weighted by Crippen LogP contribution is 2.27. The predicted octanol–water partition coefficient (Wildman–Crippen LogP) is 3.52. The molecular formula is C17H20N2O2. The molecule has 0 aliphatic carbocycles. The van der Waals surface area contributed by atoms with Crippen LogP contribution in [0.25, 0.3) is 11.3 Å². The van der Waals surface area contributed by atoms with Gasteiger partial charge >= 0.3 is 0 Å². The van der Waals surface area contributed by atoms with Crippen molar-refractivity contribution >= 4 is 5.91 Å².